The molecule has 3 N–H and O–H groups in total. The molecule has 0 heterocycles. The number of hydrogen-bond acceptors (Lipinski definition) is 3. The summed E-state index contributed by atoms with van der Waals surface area (Å²) in [5.74, 6) is 0. The van der Waals surface area contributed by atoms with Gasteiger partial charge in [0.1, 0.15) is 0 Å². The second-order valence-electron chi connectivity index (χ2n) is 7.20. The second-order valence-corrected chi connectivity index (χ2v) is 7.20. The number of unbranched alkanes of at least 4 members (excludes halogenated alkanes) is 4. The summed E-state index contributed by atoms with van der Waals surface area (Å²) in [4.78, 5) is 0. The Morgan fingerprint density at radius 3 is 1.19 bits per heavy atom. The highest BCUT2D eigenvalue weighted by Gasteiger charge is 1.94. The predicted molar refractivity (Wildman–Crippen MR) is 117 cm³/mol. The van der Waals surface area contributed by atoms with E-state index in [9.17, 15) is 0 Å². The lowest BCUT2D eigenvalue weighted by Gasteiger charge is -2.07. The summed E-state index contributed by atoms with van der Waals surface area (Å²) in [5.41, 5.74) is 2.74. The van der Waals surface area contributed by atoms with Crippen LogP contribution in [0.2, 0.25) is 0 Å². The Morgan fingerprint density at radius 2 is 0.778 bits per heavy atom. The van der Waals surface area contributed by atoms with Crippen LogP contribution in [0.1, 0.15) is 49.7 Å². The molecule has 3 nitrogen and oxygen atoms in total. The van der Waals surface area contributed by atoms with E-state index in [1.165, 1.54) is 49.7 Å². The summed E-state index contributed by atoms with van der Waals surface area (Å²) in [5, 5.41) is 10.6. The lowest BCUT2D eigenvalue weighted by molar-refractivity contribution is 0.545. The van der Waals surface area contributed by atoms with Crippen LogP contribution in [0.3, 0.4) is 0 Å². The van der Waals surface area contributed by atoms with E-state index < -0.39 is 0 Å². The molecule has 0 radical (unpaired) electrons. The summed E-state index contributed by atoms with van der Waals surface area (Å²) < 4.78 is 0. The minimum atomic E-state index is 0.985. The molecule has 0 spiro atoms. The third-order valence-corrected chi connectivity index (χ3v) is 4.76. The molecule has 0 aromatic heterocycles. The molecule has 3 heteroatoms. The Hall–Kier alpha value is -1.68. The third kappa shape index (κ3) is 11.6. The summed E-state index contributed by atoms with van der Waals surface area (Å²) in [6.45, 7) is 6.52. The molecule has 2 aromatic rings. The van der Waals surface area contributed by atoms with Gasteiger partial charge >= 0.3 is 0 Å². The maximum Gasteiger partial charge on any atom is 0.0205 e. The Kier molecular flexibility index (Phi) is 12.3. The van der Waals surface area contributed by atoms with E-state index in [1.54, 1.807) is 0 Å². The van der Waals surface area contributed by atoms with Crippen LogP contribution in [-0.2, 0) is 13.1 Å². The van der Waals surface area contributed by atoms with E-state index in [-0.39, 0.29) is 0 Å². The lowest BCUT2D eigenvalue weighted by Crippen LogP contribution is -2.19. The zero-order valence-electron chi connectivity index (χ0n) is 16.8. The van der Waals surface area contributed by atoms with Gasteiger partial charge in [0, 0.05) is 13.1 Å². The van der Waals surface area contributed by atoms with Crippen molar-refractivity contribution in [2.24, 2.45) is 0 Å². The van der Waals surface area contributed by atoms with Gasteiger partial charge in [-0.25, -0.2) is 0 Å². The van der Waals surface area contributed by atoms with Crippen molar-refractivity contribution in [2.75, 3.05) is 26.2 Å². The minimum absolute atomic E-state index is 0.985. The van der Waals surface area contributed by atoms with E-state index in [2.05, 4.69) is 76.6 Å². The molecule has 2 aromatic carbocycles. The van der Waals surface area contributed by atoms with Crippen molar-refractivity contribution in [1.82, 2.24) is 16.0 Å². The topological polar surface area (TPSA) is 36.1 Å². The van der Waals surface area contributed by atoms with Gasteiger partial charge in [-0.1, -0.05) is 73.5 Å². The molecule has 27 heavy (non-hydrogen) atoms. The van der Waals surface area contributed by atoms with Gasteiger partial charge in [0.25, 0.3) is 0 Å². The summed E-state index contributed by atoms with van der Waals surface area (Å²) in [6, 6.07) is 21.2. The molecular weight excluding hydrogens is 330 g/mol. The highest BCUT2D eigenvalue weighted by molar-refractivity contribution is 5.14. The van der Waals surface area contributed by atoms with Crippen molar-refractivity contribution in [3.05, 3.63) is 71.8 Å². The van der Waals surface area contributed by atoms with Crippen LogP contribution in [0.15, 0.2) is 60.7 Å². The van der Waals surface area contributed by atoms with Crippen molar-refractivity contribution in [3.63, 3.8) is 0 Å². The maximum absolute atomic E-state index is 3.58. The largest absolute Gasteiger partial charge is 0.317 e. The van der Waals surface area contributed by atoms with E-state index >= 15 is 0 Å². The average Bonchev–Trinajstić information content (AvgIpc) is 2.72. The molecular formula is C24H37N3. The van der Waals surface area contributed by atoms with E-state index in [1.807, 2.05) is 0 Å². The molecule has 0 aliphatic carbocycles. The molecule has 0 aliphatic heterocycles. The van der Waals surface area contributed by atoms with Crippen LogP contribution in [0, 0.1) is 0 Å². The minimum Gasteiger partial charge on any atom is -0.317 e. The summed E-state index contributed by atoms with van der Waals surface area (Å²) in [6.07, 6.45) is 7.71. The number of benzene rings is 2. The number of rotatable bonds is 16. The fraction of sp³-hybridized carbons (Fsp3) is 0.500. The number of hydrogen-bond donors (Lipinski definition) is 3. The van der Waals surface area contributed by atoms with Crippen molar-refractivity contribution < 1.29 is 0 Å². The van der Waals surface area contributed by atoms with Crippen molar-refractivity contribution in [2.45, 2.75) is 51.6 Å². The second kappa shape index (κ2) is 15.4. The van der Waals surface area contributed by atoms with Gasteiger partial charge in [-0.05, 0) is 63.0 Å². The van der Waals surface area contributed by atoms with Gasteiger partial charge in [-0.15, -0.1) is 0 Å². The third-order valence-electron chi connectivity index (χ3n) is 4.76. The summed E-state index contributed by atoms with van der Waals surface area (Å²) in [7, 11) is 0. The van der Waals surface area contributed by atoms with Crippen LogP contribution < -0.4 is 16.0 Å². The zero-order valence-corrected chi connectivity index (χ0v) is 16.8. The molecule has 2 rings (SSSR count). The smallest absolute Gasteiger partial charge is 0.0205 e. The molecule has 0 fully saturated rings. The van der Waals surface area contributed by atoms with Crippen LogP contribution in [0.25, 0.3) is 0 Å². The highest BCUT2D eigenvalue weighted by Crippen LogP contribution is 2.00. The summed E-state index contributed by atoms with van der Waals surface area (Å²) >= 11 is 0. The van der Waals surface area contributed by atoms with Crippen molar-refractivity contribution >= 4 is 0 Å². The van der Waals surface area contributed by atoms with Gasteiger partial charge in [0.15, 0.2) is 0 Å². The first-order valence-electron chi connectivity index (χ1n) is 10.6. The molecule has 148 valence electrons. The fourth-order valence-electron chi connectivity index (χ4n) is 3.14. The van der Waals surface area contributed by atoms with Crippen LogP contribution in [0.5, 0.6) is 0 Å². The van der Waals surface area contributed by atoms with Gasteiger partial charge in [0.2, 0.25) is 0 Å². The molecule has 0 saturated heterocycles. The first-order chi connectivity index (χ1) is 13.4. The van der Waals surface area contributed by atoms with E-state index in [0.29, 0.717) is 0 Å². The highest BCUT2D eigenvalue weighted by atomic mass is 14.9. The van der Waals surface area contributed by atoms with Crippen molar-refractivity contribution in [3.8, 4) is 0 Å². The van der Waals surface area contributed by atoms with Gasteiger partial charge in [0.05, 0.1) is 0 Å². The first-order valence-corrected chi connectivity index (χ1v) is 10.6. The van der Waals surface area contributed by atoms with Crippen LogP contribution in [-0.4, -0.2) is 26.2 Å². The average molecular weight is 368 g/mol. The molecule has 0 saturated carbocycles. The molecule has 0 amide bonds. The van der Waals surface area contributed by atoms with Gasteiger partial charge < -0.3 is 16.0 Å². The predicted octanol–water partition coefficient (Wildman–Crippen LogP) is 4.50. The van der Waals surface area contributed by atoms with Gasteiger partial charge in [-0.3, -0.25) is 0 Å². The standard InChI is InChI=1S/C24H37N3/c1-5-13-23(14-6-1)21-26-19-11-3-9-17-25-18-10-4-12-20-27-22-24-15-7-2-8-16-24/h1-2,5-8,13-16,25-27H,3-4,9-12,17-22H2. The Labute approximate surface area is 166 Å². The maximum atomic E-state index is 3.58. The normalized spacial score (nSPS) is 11.0. The molecule has 0 bridgehead atoms. The van der Waals surface area contributed by atoms with Crippen LogP contribution >= 0.6 is 0 Å². The Balaban J connectivity index is 1.26. The van der Waals surface area contributed by atoms with Crippen LogP contribution in [0.4, 0.5) is 0 Å². The van der Waals surface area contributed by atoms with Gasteiger partial charge in [-0.2, -0.15) is 0 Å². The Bertz CT molecular complexity index is 505. The van der Waals surface area contributed by atoms with E-state index in [4.69, 9.17) is 0 Å². The monoisotopic (exact) mass is 367 g/mol. The quantitative estimate of drug-likeness (QED) is 0.382. The fourth-order valence-corrected chi connectivity index (χ4v) is 3.14. The van der Waals surface area contributed by atoms with Crippen molar-refractivity contribution in [1.29, 1.82) is 0 Å². The lowest BCUT2D eigenvalue weighted by atomic mass is 10.2. The van der Waals surface area contributed by atoms with E-state index in [0.717, 1.165) is 39.3 Å². The Morgan fingerprint density at radius 1 is 0.407 bits per heavy atom. The molecule has 0 atom stereocenters. The SMILES string of the molecule is c1ccc(CNCCCCCNCCCCCNCc2ccccc2)cc1. The zero-order chi connectivity index (χ0) is 18.8. The first kappa shape index (κ1) is 21.6. The molecule has 0 aliphatic rings. The number of nitrogens with one attached hydrogen (secondary N) is 3. The molecule has 0 unspecified atom stereocenters.